The van der Waals surface area contributed by atoms with Crippen molar-refractivity contribution in [3.63, 3.8) is 0 Å². The van der Waals surface area contributed by atoms with Crippen molar-refractivity contribution in [1.29, 1.82) is 0 Å². The van der Waals surface area contributed by atoms with Crippen molar-refractivity contribution in [3.05, 3.63) is 155 Å². The molecule has 0 bridgehead atoms. The number of nitrogens with zero attached hydrogens (tertiary/aromatic N) is 1. The Morgan fingerprint density at radius 1 is 0.865 bits per heavy atom. The molecule has 0 fully saturated rings. The van der Waals surface area contributed by atoms with Crippen LogP contribution in [0.15, 0.2) is 138 Å². The Kier molecular flexibility index (Phi) is 26.5. The summed E-state index contributed by atoms with van der Waals surface area (Å²) < 4.78 is 0. The average molecular weight is 708 g/mol. The van der Waals surface area contributed by atoms with E-state index in [-0.39, 0.29) is 5.92 Å². The van der Waals surface area contributed by atoms with Crippen molar-refractivity contribution in [2.75, 3.05) is 11.9 Å². The maximum Gasteiger partial charge on any atom is 0.0855 e. The van der Waals surface area contributed by atoms with Crippen LogP contribution in [0.4, 0.5) is 5.69 Å². The Balaban J connectivity index is 0. The minimum absolute atomic E-state index is 0.168. The number of hydrogen-bond acceptors (Lipinski definition) is 5. The van der Waals surface area contributed by atoms with Crippen molar-refractivity contribution in [1.82, 2.24) is 10.6 Å². The highest BCUT2D eigenvalue weighted by Gasteiger charge is 2.17. The van der Waals surface area contributed by atoms with Gasteiger partial charge in [-0.15, -0.1) is 0 Å². The van der Waals surface area contributed by atoms with Gasteiger partial charge in [0.1, 0.15) is 0 Å². The number of nitrogens with one attached hydrogen (secondary N) is 3. The molecule has 2 aliphatic rings. The first kappa shape index (κ1) is 49.3. The summed E-state index contributed by atoms with van der Waals surface area (Å²) in [5.41, 5.74) is 20.7. The molecule has 2 aromatic carbocycles. The SMILES string of the molecule is C=C(C)NCCc1cccc(NC2=C(C)C(=C)C2)c1.C=C(NCc1ccc(C(=C)N)c(C)c1)C1=NC(=C)C(C=C(C)C)C=C1.CC.CC.CC.CC. The van der Waals surface area contributed by atoms with E-state index in [0.717, 1.165) is 64.6 Å². The summed E-state index contributed by atoms with van der Waals surface area (Å²) in [5.74, 6) is 0.168. The Hall–Kier alpha value is -4.77. The lowest BCUT2D eigenvalue weighted by atomic mass is 9.90. The molecule has 5 N–H and O–H groups in total. The van der Waals surface area contributed by atoms with Gasteiger partial charge in [-0.25, -0.2) is 0 Å². The molecule has 5 nitrogen and oxygen atoms in total. The van der Waals surface area contributed by atoms with Gasteiger partial charge in [0.25, 0.3) is 0 Å². The van der Waals surface area contributed by atoms with Gasteiger partial charge in [0.2, 0.25) is 0 Å². The van der Waals surface area contributed by atoms with Gasteiger partial charge in [-0.2, -0.15) is 0 Å². The fraction of sp³-hybridized carbons (Fsp3) is 0.383. The van der Waals surface area contributed by atoms with Gasteiger partial charge in [0.15, 0.2) is 0 Å². The zero-order valence-electron chi connectivity index (χ0n) is 35.2. The zero-order chi connectivity index (χ0) is 40.4. The van der Waals surface area contributed by atoms with Crippen LogP contribution in [0.25, 0.3) is 5.70 Å². The Labute approximate surface area is 320 Å². The van der Waals surface area contributed by atoms with Crippen LogP contribution in [-0.2, 0) is 13.0 Å². The van der Waals surface area contributed by atoms with Gasteiger partial charge in [-0.05, 0) is 92.6 Å². The van der Waals surface area contributed by atoms with E-state index in [1.54, 1.807) is 0 Å². The first-order chi connectivity index (χ1) is 24.8. The van der Waals surface area contributed by atoms with E-state index in [2.05, 4.69) is 117 Å². The van der Waals surface area contributed by atoms with Gasteiger partial charge >= 0.3 is 0 Å². The number of aryl methyl sites for hydroxylation is 1. The first-order valence-electron chi connectivity index (χ1n) is 19.1. The summed E-state index contributed by atoms with van der Waals surface area (Å²) in [5, 5.41) is 10.1. The highest BCUT2D eigenvalue weighted by molar-refractivity contribution is 6.08. The Morgan fingerprint density at radius 2 is 1.50 bits per heavy atom. The maximum atomic E-state index is 5.78. The van der Waals surface area contributed by atoms with E-state index in [4.69, 9.17) is 5.73 Å². The third-order valence-corrected chi connectivity index (χ3v) is 7.51. The third kappa shape index (κ3) is 17.9. The Morgan fingerprint density at radius 3 is 2.00 bits per heavy atom. The number of hydrogen-bond donors (Lipinski definition) is 4. The van der Waals surface area contributed by atoms with Crippen LogP contribution in [0.3, 0.4) is 0 Å². The molecule has 1 heterocycles. The molecule has 5 heteroatoms. The largest absolute Gasteiger partial charge is 0.399 e. The van der Waals surface area contributed by atoms with Crippen LogP contribution in [0, 0.1) is 12.8 Å². The van der Waals surface area contributed by atoms with E-state index in [1.807, 2.05) is 87.4 Å². The summed E-state index contributed by atoms with van der Waals surface area (Å²) in [6, 6.07) is 14.7. The van der Waals surface area contributed by atoms with Crippen LogP contribution in [0.2, 0.25) is 0 Å². The van der Waals surface area contributed by atoms with E-state index in [9.17, 15) is 0 Å². The molecular formula is C47H73N5. The molecule has 52 heavy (non-hydrogen) atoms. The van der Waals surface area contributed by atoms with Crippen molar-refractivity contribution >= 4 is 17.1 Å². The minimum Gasteiger partial charge on any atom is -0.399 e. The zero-order valence-corrected chi connectivity index (χ0v) is 35.2. The minimum atomic E-state index is 0.168. The van der Waals surface area contributed by atoms with Gasteiger partial charge < -0.3 is 21.7 Å². The smallest absolute Gasteiger partial charge is 0.0855 e. The lowest BCUT2D eigenvalue weighted by Crippen LogP contribution is -2.20. The van der Waals surface area contributed by atoms with Gasteiger partial charge in [-0.1, -0.05) is 136 Å². The summed E-state index contributed by atoms with van der Waals surface area (Å²) in [6.45, 7) is 47.7. The summed E-state index contributed by atoms with van der Waals surface area (Å²) in [7, 11) is 0. The molecule has 4 rings (SSSR count). The van der Waals surface area contributed by atoms with E-state index in [0.29, 0.717) is 12.2 Å². The van der Waals surface area contributed by atoms with Gasteiger partial charge in [0, 0.05) is 53.9 Å². The quantitative estimate of drug-likeness (QED) is 0.166. The molecule has 1 aliphatic carbocycles. The number of dihydropyridines is 1. The Bertz CT molecular complexity index is 1570. The summed E-state index contributed by atoms with van der Waals surface area (Å²) >= 11 is 0. The molecule has 0 amide bonds. The van der Waals surface area contributed by atoms with Crippen molar-refractivity contribution < 1.29 is 0 Å². The highest BCUT2D eigenvalue weighted by atomic mass is 14.9. The van der Waals surface area contributed by atoms with Crippen molar-refractivity contribution in [2.45, 2.75) is 109 Å². The van der Waals surface area contributed by atoms with Crippen LogP contribution in [-0.4, -0.2) is 12.3 Å². The first-order valence-corrected chi connectivity index (χ1v) is 19.1. The van der Waals surface area contributed by atoms with Crippen LogP contribution >= 0.6 is 0 Å². The molecule has 0 saturated heterocycles. The van der Waals surface area contributed by atoms with E-state index >= 15 is 0 Å². The number of rotatable bonds is 12. The predicted molar refractivity (Wildman–Crippen MR) is 237 cm³/mol. The monoisotopic (exact) mass is 708 g/mol. The summed E-state index contributed by atoms with van der Waals surface area (Å²) in [6.07, 6.45) is 8.25. The molecule has 286 valence electrons. The molecule has 1 unspecified atom stereocenters. The molecule has 0 aromatic heterocycles. The number of anilines is 1. The van der Waals surface area contributed by atoms with Crippen LogP contribution < -0.4 is 21.7 Å². The predicted octanol–water partition coefficient (Wildman–Crippen LogP) is 12.7. The molecule has 0 saturated carbocycles. The number of aliphatic imine (C=N–C) groups is 1. The lowest BCUT2D eigenvalue weighted by molar-refractivity contribution is 0.791. The highest BCUT2D eigenvalue weighted by Crippen LogP contribution is 2.32. The van der Waals surface area contributed by atoms with Crippen LogP contribution in [0.5, 0.6) is 0 Å². The standard InChI is InChI=1S/C22H27N3.C17H22N2.4C2H6/c1-14(2)11-20-8-10-22(25-17(20)5)18(6)24-13-19-7-9-21(16(4)23)15(3)12-19;1-12(2)18-9-8-15-6-5-7-16(11-15)19-17-10-13(3)14(17)4;4*1-2/h7-12,20,24H,4-6,13,23H2,1-3H3;5-7,11,18-19H,1,3,8-10H2,2,4H3;4*1-2H3. The maximum absolute atomic E-state index is 5.78. The van der Waals surface area contributed by atoms with Gasteiger partial charge in [0.05, 0.1) is 11.4 Å². The second kappa shape index (κ2) is 27.9. The number of nitrogens with two attached hydrogens (primary N) is 1. The second-order valence-electron chi connectivity index (χ2n) is 11.8. The van der Waals surface area contributed by atoms with E-state index < -0.39 is 0 Å². The molecule has 2 aromatic rings. The van der Waals surface area contributed by atoms with Crippen molar-refractivity contribution in [3.8, 4) is 0 Å². The number of allylic oxidation sites excluding steroid dienone is 6. The molecule has 0 spiro atoms. The van der Waals surface area contributed by atoms with Gasteiger partial charge in [-0.3, -0.25) is 4.99 Å². The lowest BCUT2D eigenvalue weighted by Gasteiger charge is -2.25. The fourth-order valence-electron chi connectivity index (χ4n) is 4.87. The molecular weight excluding hydrogens is 635 g/mol. The molecule has 1 atom stereocenters. The second-order valence-corrected chi connectivity index (χ2v) is 11.8. The summed E-state index contributed by atoms with van der Waals surface area (Å²) in [4.78, 5) is 4.58. The topological polar surface area (TPSA) is 74.5 Å². The number of benzene rings is 2. The molecule has 1 aliphatic heterocycles. The van der Waals surface area contributed by atoms with Crippen LogP contribution in [0.1, 0.15) is 112 Å². The fourth-order valence-corrected chi connectivity index (χ4v) is 4.87. The molecule has 0 radical (unpaired) electrons. The van der Waals surface area contributed by atoms with Crippen molar-refractivity contribution in [2.24, 2.45) is 16.6 Å². The third-order valence-electron chi connectivity index (χ3n) is 7.51. The van der Waals surface area contributed by atoms with E-state index in [1.165, 1.54) is 28.0 Å². The average Bonchev–Trinajstić information content (AvgIpc) is 3.14. The normalized spacial score (nSPS) is 13.4.